The average molecular weight is 574 g/mol. The van der Waals surface area contributed by atoms with Gasteiger partial charge >= 0.3 is 5.91 Å². The van der Waals surface area contributed by atoms with Crippen LogP contribution in [-0.4, -0.2) is 57.3 Å². The molecule has 3 amide bonds. The van der Waals surface area contributed by atoms with Crippen LogP contribution < -0.4 is 9.80 Å². The molecule has 5 aliphatic rings. The molecule has 214 valence electrons. The lowest BCUT2D eigenvalue weighted by Gasteiger charge is -2.44. The molecule has 4 unspecified atom stereocenters. The van der Waals surface area contributed by atoms with Crippen molar-refractivity contribution < 1.29 is 32.0 Å². The highest BCUT2D eigenvalue weighted by molar-refractivity contribution is 6.10. The van der Waals surface area contributed by atoms with E-state index < -0.39 is 35.8 Å². The summed E-state index contributed by atoms with van der Waals surface area (Å²) in [6, 6.07) is 13.7. The smallest absolute Gasteiger partial charge is 0.290 e. The van der Waals surface area contributed by atoms with Crippen LogP contribution in [-0.2, 0) is 14.4 Å². The maximum Gasteiger partial charge on any atom is 0.342 e. The second kappa shape index (κ2) is 8.50. The number of halogens is 3. The molecule has 2 saturated carbocycles. The van der Waals surface area contributed by atoms with Crippen molar-refractivity contribution in [2.45, 2.75) is 74.7 Å². The number of alkyl halides is 2. The maximum atomic E-state index is 14.8. The van der Waals surface area contributed by atoms with Crippen molar-refractivity contribution in [2.75, 3.05) is 9.80 Å². The lowest BCUT2D eigenvalue weighted by molar-refractivity contribution is -0.817. The van der Waals surface area contributed by atoms with Crippen LogP contribution in [0.2, 0.25) is 0 Å². The molecule has 4 heterocycles. The molecule has 0 spiro atoms. The van der Waals surface area contributed by atoms with E-state index in [1.807, 2.05) is 18.2 Å². The van der Waals surface area contributed by atoms with Crippen LogP contribution in [0.15, 0.2) is 66.9 Å². The van der Waals surface area contributed by atoms with Crippen LogP contribution in [0.4, 0.5) is 24.7 Å². The van der Waals surface area contributed by atoms with E-state index in [2.05, 4.69) is 4.98 Å². The van der Waals surface area contributed by atoms with Crippen molar-refractivity contribution >= 4 is 29.2 Å². The standard InChI is InChI=1S/C32H28F3N4O3/c1-17-6-5-13-36-29(17)38-23(11-12-24(38)40)30(41)37(19-8-4-7-18(33)14-19)26-22-10-3-2-9-21(22)25-27-28(25)39(27,31(26)42)20-15-32(34,35)16-20/h2-10,13-14,20,23,25-28H,11-12,15-16H2,1H3/q+1. The molecular formula is C32H28F3N4O3+. The Kier molecular flexibility index (Phi) is 5.19. The van der Waals surface area contributed by atoms with Gasteiger partial charge in [-0.3, -0.25) is 19.4 Å². The van der Waals surface area contributed by atoms with E-state index in [1.165, 1.54) is 28.0 Å². The molecule has 3 aliphatic heterocycles. The van der Waals surface area contributed by atoms with Gasteiger partial charge in [-0.2, -0.15) is 0 Å². The fourth-order valence-electron chi connectivity index (χ4n) is 8.14. The zero-order valence-corrected chi connectivity index (χ0v) is 22.8. The highest BCUT2D eigenvalue weighted by atomic mass is 19.3. The van der Waals surface area contributed by atoms with Crippen LogP contribution in [0.25, 0.3) is 0 Å². The molecule has 4 fully saturated rings. The van der Waals surface area contributed by atoms with Gasteiger partial charge in [-0.1, -0.05) is 36.4 Å². The quantitative estimate of drug-likeness (QED) is 0.325. The van der Waals surface area contributed by atoms with Crippen LogP contribution in [0.3, 0.4) is 0 Å². The van der Waals surface area contributed by atoms with E-state index in [0.717, 1.165) is 5.56 Å². The minimum Gasteiger partial charge on any atom is -0.290 e. The van der Waals surface area contributed by atoms with E-state index in [0.29, 0.717) is 16.9 Å². The highest BCUT2D eigenvalue weighted by Gasteiger charge is 2.96. The van der Waals surface area contributed by atoms with Gasteiger partial charge in [-0.15, -0.1) is 0 Å². The Morgan fingerprint density at radius 2 is 1.76 bits per heavy atom. The number of hydrogen-bond donors (Lipinski definition) is 0. The molecule has 2 aromatic carbocycles. The largest absolute Gasteiger partial charge is 0.342 e. The summed E-state index contributed by atoms with van der Waals surface area (Å²) in [4.78, 5) is 49.8. The number of fused-ring (bicyclic) bond motifs is 4. The SMILES string of the molecule is Cc1cccnc1N1C(=O)CCC1C(=O)N(c1cccc(F)c1)C1C(=O)[N+]2(C3CC(F)(F)C3)C3C(c4ccccc41)C32. The maximum absolute atomic E-state index is 14.8. The Hall–Kier alpha value is -4.05. The minimum absolute atomic E-state index is 0.0502. The molecule has 7 nitrogen and oxygen atoms in total. The number of rotatable bonds is 5. The van der Waals surface area contributed by atoms with E-state index in [4.69, 9.17) is 0 Å². The van der Waals surface area contributed by atoms with Gasteiger partial charge in [0, 0.05) is 18.3 Å². The molecule has 2 saturated heterocycles. The summed E-state index contributed by atoms with van der Waals surface area (Å²) in [5.74, 6) is -4.07. The number of amides is 3. The van der Waals surface area contributed by atoms with E-state index in [9.17, 15) is 27.6 Å². The lowest BCUT2D eigenvalue weighted by atomic mass is 9.85. The van der Waals surface area contributed by atoms with Gasteiger partial charge < -0.3 is 0 Å². The van der Waals surface area contributed by atoms with Gasteiger partial charge in [0.25, 0.3) is 11.8 Å². The number of pyridine rings is 1. The van der Waals surface area contributed by atoms with Gasteiger partial charge in [0.2, 0.25) is 5.91 Å². The first kappa shape index (κ1) is 25.6. The van der Waals surface area contributed by atoms with Crippen LogP contribution in [0.1, 0.15) is 54.3 Å². The number of carbonyl (C=O) groups is 3. The number of carbonyl (C=O) groups excluding carboxylic acids is 3. The lowest BCUT2D eigenvalue weighted by Crippen LogP contribution is -2.62. The van der Waals surface area contributed by atoms with Gasteiger partial charge in [0.15, 0.2) is 18.1 Å². The fourth-order valence-corrected chi connectivity index (χ4v) is 8.14. The molecule has 8 rings (SSSR count). The molecule has 0 bridgehead atoms. The topological polar surface area (TPSA) is 70.6 Å². The molecule has 42 heavy (non-hydrogen) atoms. The Balaban J connectivity index is 1.27. The molecular weight excluding hydrogens is 545 g/mol. The van der Waals surface area contributed by atoms with Gasteiger partial charge in [0.1, 0.15) is 29.6 Å². The van der Waals surface area contributed by atoms with Crippen LogP contribution in [0.5, 0.6) is 0 Å². The third-order valence-electron chi connectivity index (χ3n) is 10.1. The Morgan fingerprint density at radius 1 is 1.02 bits per heavy atom. The van der Waals surface area contributed by atoms with Gasteiger partial charge in [-0.25, -0.2) is 27.4 Å². The molecule has 0 N–H and O–H groups in total. The molecule has 4 atom stereocenters. The van der Waals surface area contributed by atoms with E-state index >= 15 is 0 Å². The van der Waals surface area contributed by atoms with Crippen molar-refractivity contribution in [1.29, 1.82) is 0 Å². The molecule has 0 radical (unpaired) electrons. The summed E-state index contributed by atoms with van der Waals surface area (Å²) < 4.78 is 42.9. The van der Waals surface area contributed by atoms with Gasteiger partial charge in [-0.05, 0) is 54.3 Å². The molecule has 10 heteroatoms. The average Bonchev–Trinajstić information content (AvgIpc) is 3.82. The number of hydrogen-bond acceptors (Lipinski definition) is 4. The first-order chi connectivity index (χ1) is 20.1. The first-order valence-electron chi connectivity index (χ1n) is 14.4. The Morgan fingerprint density at radius 3 is 2.45 bits per heavy atom. The van der Waals surface area contributed by atoms with Crippen molar-refractivity contribution in [3.05, 3.63) is 89.4 Å². The highest BCUT2D eigenvalue weighted by Crippen LogP contribution is 2.76. The first-order valence-corrected chi connectivity index (χ1v) is 14.4. The normalized spacial score (nSPS) is 32.0. The predicted molar refractivity (Wildman–Crippen MR) is 146 cm³/mol. The third-order valence-corrected chi connectivity index (χ3v) is 10.1. The number of aromatic nitrogens is 1. The fraction of sp³-hybridized carbons (Fsp3) is 0.375. The zero-order chi connectivity index (χ0) is 29.1. The Bertz CT molecular complexity index is 1680. The predicted octanol–water partition coefficient (Wildman–Crippen LogP) is 4.80. The summed E-state index contributed by atoms with van der Waals surface area (Å²) in [7, 11) is 0. The summed E-state index contributed by atoms with van der Waals surface area (Å²) in [6.07, 6.45) is 1.14. The number of aryl methyl sites for hydroxylation is 1. The number of anilines is 2. The van der Waals surface area contributed by atoms with Gasteiger partial charge in [0.05, 0.1) is 12.8 Å². The summed E-state index contributed by atoms with van der Waals surface area (Å²) in [5.41, 5.74) is 2.45. The van der Waals surface area contributed by atoms with Crippen LogP contribution >= 0.6 is 0 Å². The summed E-state index contributed by atoms with van der Waals surface area (Å²) in [5, 5.41) is 0. The monoisotopic (exact) mass is 573 g/mol. The van der Waals surface area contributed by atoms with Crippen molar-refractivity contribution in [3.8, 4) is 0 Å². The van der Waals surface area contributed by atoms with Crippen molar-refractivity contribution in [1.82, 2.24) is 4.98 Å². The van der Waals surface area contributed by atoms with Crippen LogP contribution in [0, 0.1) is 12.7 Å². The molecule has 1 aromatic heterocycles. The third kappa shape index (κ3) is 3.32. The number of nitrogens with zero attached hydrogens (tertiary/aromatic N) is 4. The second-order valence-electron chi connectivity index (χ2n) is 12.3. The molecule has 3 aromatic rings. The number of quaternary nitrogens is 1. The molecule has 2 aliphatic carbocycles. The van der Waals surface area contributed by atoms with Crippen molar-refractivity contribution in [3.63, 3.8) is 0 Å². The zero-order valence-electron chi connectivity index (χ0n) is 22.8. The van der Waals surface area contributed by atoms with E-state index in [-0.39, 0.29) is 65.7 Å². The van der Waals surface area contributed by atoms with Crippen molar-refractivity contribution in [2.24, 2.45) is 0 Å². The second-order valence-corrected chi connectivity index (χ2v) is 12.3. The number of benzene rings is 2. The summed E-state index contributed by atoms with van der Waals surface area (Å²) >= 11 is 0. The van der Waals surface area contributed by atoms with E-state index in [1.54, 1.807) is 37.4 Å². The minimum atomic E-state index is -2.81. The summed E-state index contributed by atoms with van der Waals surface area (Å²) in [6.45, 7) is 1.80. The Labute approximate surface area is 240 Å².